The minimum Gasteiger partial charge on any atom is -0.383 e. The summed E-state index contributed by atoms with van der Waals surface area (Å²) in [5, 5.41) is 0. The number of nitrogen functional groups attached to an aromatic ring is 1. The van der Waals surface area contributed by atoms with Crippen molar-refractivity contribution in [1.82, 2.24) is 9.97 Å². The van der Waals surface area contributed by atoms with Crippen LogP contribution in [0.3, 0.4) is 0 Å². The highest BCUT2D eigenvalue weighted by Crippen LogP contribution is 2.31. The number of hydrogen-bond acceptors (Lipinski definition) is 3. The number of rotatable bonds is 3. The van der Waals surface area contributed by atoms with Crippen LogP contribution in [0.5, 0.6) is 0 Å². The Kier molecular flexibility index (Phi) is 4.16. The minimum absolute atomic E-state index is 0.364. The van der Waals surface area contributed by atoms with Crippen LogP contribution in [0.25, 0.3) is 11.3 Å². The predicted molar refractivity (Wildman–Crippen MR) is 75.6 cm³/mol. The zero-order chi connectivity index (χ0) is 15.6. The molecule has 0 saturated heterocycles. The quantitative estimate of drug-likeness (QED) is 0.931. The molecule has 0 unspecified atom stereocenters. The Hall–Kier alpha value is -2.11. The van der Waals surface area contributed by atoms with Gasteiger partial charge in [0.1, 0.15) is 11.6 Å². The van der Waals surface area contributed by atoms with Crippen LogP contribution in [-0.4, -0.2) is 9.97 Å². The lowest BCUT2D eigenvalue weighted by Gasteiger charge is -2.11. The zero-order valence-corrected chi connectivity index (χ0v) is 11.8. The monoisotopic (exact) mass is 295 g/mol. The van der Waals surface area contributed by atoms with E-state index in [9.17, 15) is 13.2 Å². The number of hydrogen-bond donors (Lipinski definition) is 1. The second kappa shape index (κ2) is 5.71. The van der Waals surface area contributed by atoms with Gasteiger partial charge in [-0.2, -0.15) is 13.2 Å². The Bertz CT molecular complexity index is 634. The minimum atomic E-state index is -4.34. The summed E-state index contributed by atoms with van der Waals surface area (Å²) in [6, 6.07) is 4.92. The zero-order valence-electron chi connectivity index (χ0n) is 11.8. The van der Waals surface area contributed by atoms with E-state index in [0.717, 1.165) is 18.6 Å². The lowest BCUT2D eigenvalue weighted by atomic mass is 10.0. The van der Waals surface area contributed by atoms with E-state index < -0.39 is 11.7 Å². The van der Waals surface area contributed by atoms with E-state index in [2.05, 4.69) is 9.97 Å². The third-order valence-electron chi connectivity index (χ3n) is 3.19. The molecule has 0 spiro atoms. The predicted octanol–water partition coefficient (Wildman–Crippen LogP) is 4.01. The molecule has 0 bridgehead atoms. The molecule has 0 amide bonds. The molecule has 2 N–H and O–H groups in total. The van der Waals surface area contributed by atoms with E-state index in [-0.39, 0.29) is 0 Å². The largest absolute Gasteiger partial charge is 0.416 e. The molecular formula is C15H16F3N3. The number of benzene rings is 1. The van der Waals surface area contributed by atoms with Crippen molar-refractivity contribution in [2.75, 3.05) is 5.73 Å². The lowest BCUT2D eigenvalue weighted by Crippen LogP contribution is -2.06. The Balaban J connectivity index is 2.46. The number of aryl methyl sites for hydroxylation is 1. The molecule has 21 heavy (non-hydrogen) atoms. The number of anilines is 1. The second-order valence-electron chi connectivity index (χ2n) is 4.82. The molecular weight excluding hydrogens is 279 g/mol. The summed E-state index contributed by atoms with van der Waals surface area (Å²) >= 11 is 0. The van der Waals surface area contributed by atoms with Gasteiger partial charge in [0.15, 0.2) is 0 Å². The normalized spacial score (nSPS) is 11.7. The van der Waals surface area contributed by atoms with Crippen molar-refractivity contribution in [3.63, 3.8) is 0 Å². The molecule has 0 saturated carbocycles. The van der Waals surface area contributed by atoms with Crippen LogP contribution in [0.1, 0.15) is 30.3 Å². The highest BCUT2D eigenvalue weighted by Gasteiger charge is 2.30. The molecule has 1 heterocycles. The van der Waals surface area contributed by atoms with Gasteiger partial charge in [0.2, 0.25) is 0 Å². The van der Waals surface area contributed by atoms with Gasteiger partial charge in [-0.05, 0) is 25.5 Å². The van der Waals surface area contributed by atoms with Crippen LogP contribution in [0.2, 0.25) is 0 Å². The molecule has 1 aromatic heterocycles. The number of nitrogens with zero attached hydrogens (tertiary/aromatic N) is 2. The topological polar surface area (TPSA) is 51.8 Å². The number of halogens is 3. The molecule has 3 nitrogen and oxygen atoms in total. The fourth-order valence-electron chi connectivity index (χ4n) is 2.02. The third kappa shape index (κ3) is 3.32. The summed E-state index contributed by atoms with van der Waals surface area (Å²) in [5.74, 6) is 0.971. The first-order valence-electron chi connectivity index (χ1n) is 6.63. The molecule has 112 valence electrons. The van der Waals surface area contributed by atoms with Gasteiger partial charge in [-0.1, -0.05) is 19.1 Å². The molecule has 0 radical (unpaired) electrons. The number of aromatic nitrogens is 2. The van der Waals surface area contributed by atoms with Crippen molar-refractivity contribution >= 4 is 5.82 Å². The van der Waals surface area contributed by atoms with Crippen LogP contribution < -0.4 is 5.73 Å². The van der Waals surface area contributed by atoms with Gasteiger partial charge in [-0.3, -0.25) is 0 Å². The maximum Gasteiger partial charge on any atom is 0.416 e. The molecule has 1 aromatic carbocycles. The van der Waals surface area contributed by atoms with E-state index in [4.69, 9.17) is 5.73 Å². The van der Waals surface area contributed by atoms with Crippen molar-refractivity contribution in [2.24, 2.45) is 0 Å². The average molecular weight is 295 g/mol. The van der Waals surface area contributed by atoms with Crippen molar-refractivity contribution in [1.29, 1.82) is 0 Å². The molecule has 0 fully saturated rings. The maximum absolute atomic E-state index is 12.6. The average Bonchev–Trinajstić information content (AvgIpc) is 2.42. The lowest BCUT2D eigenvalue weighted by molar-refractivity contribution is -0.137. The summed E-state index contributed by atoms with van der Waals surface area (Å²) in [5.41, 5.74) is 7.04. The van der Waals surface area contributed by atoms with Crippen molar-refractivity contribution in [2.45, 2.75) is 32.9 Å². The van der Waals surface area contributed by atoms with E-state index in [0.29, 0.717) is 34.9 Å². The summed E-state index contributed by atoms with van der Waals surface area (Å²) < 4.78 is 37.8. The van der Waals surface area contributed by atoms with Crippen LogP contribution in [-0.2, 0) is 12.6 Å². The molecule has 6 heteroatoms. The van der Waals surface area contributed by atoms with Gasteiger partial charge in [-0.15, -0.1) is 0 Å². The Morgan fingerprint density at radius 2 is 1.71 bits per heavy atom. The van der Waals surface area contributed by atoms with Crippen molar-refractivity contribution in [3.05, 3.63) is 41.2 Å². The Morgan fingerprint density at radius 3 is 2.24 bits per heavy atom. The van der Waals surface area contributed by atoms with Gasteiger partial charge in [0, 0.05) is 17.5 Å². The van der Waals surface area contributed by atoms with Gasteiger partial charge in [0.25, 0.3) is 0 Å². The first-order valence-corrected chi connectivity index (χ1v) is 6.63. The molecule has 0 atom stereocenters. The second-order valence-corrected chi connectivity index (χ2v) is 4.82. The van der Waals surface area contributed by atoms with Gasteiger partial charge >= 0.3 is 6.18 Å². The molecule has 0 aliphatic carbocycles. The number of nitrogens with two attached hydrogens (primary N) is 1. The van der Waals surface area contributed by atoms with Gasteiger partial charge in [-0.25, -0.2) is 9.97 Å². The summed E-state index contributed by atoms with van der Waals surface area (Å²) in [6.07, 6.45) is -2.79. The van der Waals surface area contributed by atoms with Gasteiger partial charge in [0.05, 0.1) is 11.3 Å². The van der Waals surface area contributed by atoms with E-state index >= 15 is 0 Å². The first kappa shape index (κ1) is 15.3. The highest BCUT2D eigenvalue weighted by molar-refractivity contribution is 5.67. The fourth-order valence-corrected chi connectivity index (χ4v) is 2.02. The molecule has 0 aliphatic rings. The maximum atomic E-state index is 12.6. The van der Waals surface area contributed by atoms with Crippen molar-refractivity contribution in [3.8, 4) is 11.3 Å². The first-order chi connectivity index (χ1) is 9.82. The highest BCUT2D eigenvalue weighted by atomic mass is 19.4. The molecule has 2 rings (SSSR count). The summed E-state index contributed by atoms with van der Waals surface area (Å²) in [7, 11) is 0. The standard InChI is InChI=1S/C15H16F3N3/c1-3-4-12-20-13(9(2)14(19)21-12)10-5-7-11(8-6-10)15(16,17)18/h5-8H,3-4H2,1-2H3,(H2,19,20,21). The number of alkyl halides is 3. The van der Waals surface area contributed by atoms with Crippen LogP contribution in [0.4, 0.5) is 19.0 Å². The van der Waals surface area contributed by atoms with E-state index in [1.54, 1.807) is 6.92 Å². The van der Waals surface area contributed by atoms with Crippen molar-refractivity contribution < 1.29 is 13.2 Å². The summed E-state index contributed by atoms with van der Waals surface area (Å²) in [6.45, 7) is 3.76. The van der Waals surface area contributed by atoms with Crippen LogP contribution in [0, 0.1) is 6.92 Å². The Labute approximate surface area is 121 Å². The molecule has 0 aliphatic heterocycles. The van der Waals surface area contributed by atoms with Gasteiger partial charge < -0.3 is 5.73 Å². The van der Waals surface area contributed by atoms with Crippen LogP contribution >= 0.6 is 0 Å². The smallest absolute Gasteiger partial charge is 0.383 e. The van der Waals surface area contributed by atoms with Crippen LogP contribution in [0.15, 0.2) is 24.3 Å². The third-order valence-corrected chi connectivity index (χ3v) is 3.19. The fraction of sp³-hybridized carbons (Fsp3) is 0.333. The SMILES string of the molecule is CCCc1nc(N)c(C)c(-c2ccc(C(F)(F)F)cc2)n1. The Morgan fingerprint density at radius 1 is 1.10 bits per heavy atom. The van der Waals surface area contributed by atoms with E-state index in [1.165, 1.54) is 12.1 Å². The van der Waals surface area contributed by atoms with E-state index in [1.807, 2.05) is 6.92 Å². The summed E-state index contributed by atoms with van der Waals surface area (Å²) in [4.78, 5) is 8.60. The molecule has 2 aromatic rings.